The van der Waals surface area contributed by atoms with Crippen LogP contribution >= 0.6 is 0 Å². The van der Waals surface area contributed by atoms with Crippen molar-refractivity contribution in [1.29, 1.82) is 5.26 Å². The summed E-state index contributed by atoms with van der Waals surface area (Å²) in [5.41, 5.74) is 0.854. The first kappa shape index (κ1) is 17.6. The number of fused-ring (bicyclic) bond motifs is 1. The van der Waals surface area contributed by atoms with Crippen LogP contribution < -0.4 is 14.2 Å². The van der Waals surface area contributed by atoms with Gasteiger partial charge < -0.3 is 9.47 Å². The predicted octanol–water partition coefficient (Wildman–Crippen LogP) is 3.53. The fraction of sp³-hybridized carbons (Fsp3) is 0.105. The molecule has 6 nitrogen and oxygen atoms in total. The molecule has 0 amide bonds. The predicted molar refractivity (Wildman–Crippen MR) is 99.0 cm³/mol. The number of ether oxygens (including phenoxy) is 2. The van der Waals surface area contributed by atoms with Gasteiger partial charge in [0.15, 0.2) is 0 Å². The third-order valence-corrected chi connectivity index (χ3v) is 5.34. The molecule has 0 fully saturated rings. The van der Waals surface area contributed by atoms with E-state index in [9.17, 15) is 13.7 Å². The minimum absolute atomic E-state index is 0.0345. The van der Waals surface area contributed by atoms with E-state index in [4.69, 9.17) is 9.47 Å². The Morgan fingerprint density at radius 2 is 1.69 bits per heavy atom. The zero-order chi connectivity index (χ0) is 18.7. The van der Waals surface area contributed by atoms with E-state index in [0.717, 1.165) is 0 Å². The van der Waals surface area contributed by atoms with Crippen LogP contribution in [0.1, 0.15) is 5.56 Å². The van der Waals surface area contributed by atoms with Crippen LogP contribution in [-0.2, 0) is 10.0 Å². The second-order valence-electron chi connectivity index (χ2n) is 5.44. The quantitative estimate of drug-likeness (QED) is 0.744. The maximum atomic E-state index is 12.9. The van der Waals surface area contributed by atoms with Gasteiger partial charge in [0, 0.05) is 16.8 Å². The lowest BCUT2D eigenvalue weighted by atomic mass is 10.0. The highest BCUT2D eigenvalue weighted by Gasteiger charge is 2.22. The SMILES string of the molecule is COc1ccc(OC)c(S(=O)(=O)Nc2ccc(C#N)c3ccccc23)c1. The van der Waals surface area contributed by atoms with Crippen LogP contribution in [0.5, 0.6) is 11.5 Å². The number of hydrogen-bond acceptors (Lipinski definition) is 5. The van der Waals surface area contributed by atoms with E-state index in [-0.39, 0.29) is 10.6 Å². The first-order chi connectivity index (χ1) is 12.5. The molecule has 0 saturated carbocycles. The van der Waals surface area contributed by atoms with E-state index in [1.54, 1.807) is 42.5 Å². The lowest BCUT2D eigenvalue weighted by Gasteiger charge is -2.14. The van der Waals surface area contributed by atoms with Gasteiger partial charge in [-0.3, -0.25) is 4.72 Å². The van der Waals surface area contributed by atoms with Gasteiger partial charge in [-0.2, -0.15) is 5.26 Å². The van der Waals surface area contributed by atoms with Crippen LogP contribution in [0.2, 0.25) is 0 Å². The molecule has 26 heavy (non-hydrogen) atoms. The highest BCUT2D eigenvalue weighted by Crippen LogP contribution is 2.32. The van der Waals surface area contributed by atoms with Gasteiger partial charge in [-0.1, -0.05) is 24.3 Å². The third kappa shape index (κ3) is 3.15. The zero-order valence-corrected chi connectivity index (χ0v) is 15.0. The van der Waals surface area contributed by atoms with Crippen LogP contribution in [0.25, 0.3) is 10.8 Å². The maximum Gasteiger partial charge on any atom is 0.265 e. The van der Waals surface area contributed by atoms with E-state index >= 15 is 0 Å². The number of hydrogen-bond donors (Lipinski definition) is 1. The Labute approximate surface area is 151 Å². The van der Waals surface area contributed by atoms with Gasteiger partial charge in [0.2, 0.25) is 0 Å². The summed E-state index contributed by atoms with van der Waals surface area (Å²) in [5, 5.41) is 10.6. The Kier molecular flexibility index (Phi) is 4.69. The van der Waals surface area contributed by atoms with Gasteiger partial charge >= 0.3 is 0 Å². The number of nitriles is 1. The second kappa shape index (κ2) is 6.94. The summed E-state index contributed by atoms with van der Waals surface area (Å²) >= 11 is 0. The van der Waals surface area contributed by atoms with Crippen LogP contribution in [0.4, 0.5) is 5.69 Å². The Bertz CT molecular complexity index is 1120. The summed E-state index contributed by atoms with van der Waals surface area (Å²) in [6.07, 6.45) is 0. The summed E-state index contributed by atoms with van der Waals surface area (Å²) in [6.45, 7) is 0. The van der Waals surface area contributed by atoms with Gasteiger partial charge in [0.25, 0.3) is 10.0 Å². The smallest absolute Gasteiger partial charge is 0.265 e. The number of benzene rings is 3. The molecule has 0 radical (unpaired) electrons. The molecule has 0 aliphatic heterocycles. The Balaban J connectivity index is 2.12. The average Bonchev–Trinajstić information content (AvgIpc) is 2.67. The summed E-state index contributed by atoms with van der Waals surface area (Å²) < 4.78 is 38.7. The number of anilines is 1. The van der Waals surface area contributed by atoms with Crippen molar-refractivity contribution < 1.29 is 17.9 Å². The molecular formula is C19H16N2O4S. The van der Waals surface area contributed by atoms with Gasteiger partial charge in [-0.15, -0.1) is 0 Å². The molecule has 132 valence electrons. The van der Waals surface area contributed by atoms with Crippen molar-refractivity contribution in [2.45, 2.75) is 4.90 Å². The highest BCUT2D eigenvalue weighted by atomic mass is 32.2. The Morgan fingerprint density at radius 1 is 0.962 bits per heavy atom. The highest BCUT2D eigenvalue weighted by molar-refractivity contribution is 7.92. The number of nitrogens with zero attached hydrogens (tertiary/aromatic N) is 1. The van der Waals surface area contributed by atoms with Crippen molar-refractivity contribution in [3.05, 3.63) is 60.2 Å². The molecule has 0 aliphatic rings. The number of methoxy groups -OCH3 is 2. The second-order valence-corrected chi connectivity index (χ2v) is 7.09. The number of nitrogens with one attached hydrogen (secondary N) is 1. The third-order valence-electron chi connectivity index (χ3n) is 3.95. The largest absolute Gasteiger partial charge is 0.497 e. The molecule has 0 unspecified atom stereocenters. The first-order valence-corrected chi connectivity index (χ1v) is 9.15. The van der Waals surface area contributed by atoms with Crippen LogP contribution in [0.15, 0.2) is 59.5 Å². The molecule has 0 heterocycles. The lowest BCUT2D eigenvalue weighted by Crippen LogP contribution is -2.14. The Morgan fingerprint density at radius 3 is 2.35 bits per heavy atom. The minimum Gasteiger partial charge on any atom is -0.497 e. The fourth-order valence-electron chi connectivity index (χ4n) is 2.68. The molecule has 3 aromatic carbocycles. The fourth-order valence-corrected chi connectivity index (χ4v) is 3.94. The molecule has 1 N–H and O–H groups in total. The monoisotopic (exact) mass is 368 g/mol. The van der Waals surface area contributed by atoms with Crippen LogP contribution in [-0.4, -0.2) is 22.6 Å². The first-order valence-electron chi connectivity index (χ1n) is 7.67. The topological polar surface area (TPSA) is 88.4 Å². The van der Waals surface area contributed by atoms with E-state index in [2.05, 4.69) is 10.8 Å². The van der Waals surface area contributed by atoms with Crippen molar-refractivity contribution in [1.82, 2.24) is 0 Å². The van der Waals surface area contributed by atoms with Crippen molar-refractivity contribution in [3.8, 4) is 17.6 Å². The number of rotatable bonds is 5. The molecule has 3 aromatic rings. The van der Waals surface area contributed by atoms with Gasteiger partial charge in [0.05, 0.1) is 31.5 Å². The molecule has 0 spiro atoms. The number of sulfonamides is 1. The zero-order valence-electron chi connectivity index (χ0n) is 14.2. The molecule has 0 bridgehead atoms. The summed E-state index contributed by atoms with van der Waals surface area (Å²) in [6, 6.07) is 16.9. The van der Waals surface area contributed by atoms with Gasteiger partial charge in [-0.25, -0.2) is 8.42 Å². The van der Waals surface area contributed by atoms with Crippen molar-refractivity contribution in [2.24, 2.45) is 0 Å². The molecule has 0 aliphatic carbocycles. The van der Waals surface area contributed by atoms with Gasteiger partial charge in [0.1, 0.15) is 16.4 Å². The van der Waals surface area contributed by atoms with E-state index in [1.807, 2.05) is 0 Å². The van der Waals surface area contributed by atoms with Crippen molar-refractivity contribution >= 4 is 26.5 Å². The summed E-state index contributed by atoms with van der Waals surface area (Å²) in [7, 11) is -1.08. The molecule has 0 atom stereocenters. The molecule has 3 rings (SSSR count). The average molecular weight is 368 g/mol. The normalized spacial score (nSPS) is 11.0. The van der Waals surface area contributed by atoms with E-state index < -0.39 is 10.0 Å². The maximum absolute atomic E-state index is 12.9. The Hall–Kier alpha value is -3.24. The summed E-state index contributed by atoms with van der Waals surface area (Å²) in [4.78, 5) is -0.0345. The molecular weight excluding hydrogens is 352 g/mol. The van der Waals surface area contributed by atoms with Crippen molar-refractivity contribution in [2.75, 3.05) is 18.9 Å². The standard InChI is InChI=1S/C19H16N2O4S/c1-24-14-8-10-18(25-2)19(11-14)26(22,23)21-17-9-7-13(12-20)15-5-3-4-6-16(15)17/h3-11,21H,1-2H3. The molecule has 0 saturated heterocycles. The molecule has 0 aromatic heterocycles. The van der Waals surface area contributed by atoms with Crippen LogP contribution in [0, 0.1) is 11.3 Å². The van der Waals surface area contributed by atoms with E-state index in [0.29, 0.717) is 27.8 Å². The van der Waals surface area contributed by atoms with Crippen molar-refractivity contribution in [3.63, 3.8) is 0 Å². The molecule has 7 heteroatoms. The van der Waals surface area contributed by atoms with Crippen LogP contribution in [0.3, 0.4) is 0 Å². The lowest BCUT2D eigenvalue weighted by molar-refractivity contribution is 0.392. The minimum atomic E-state index is -3.94. The van der Waals surface area contributed by atoms with Gasteiger partial charge in [-0.05, 0) is 24.3 Å². The summed E-state index contributed by atoms with van der Waals surface area (Å²) in [5.74, 6) is 0.604. The van der Waals surface area contributed by atoms with E-state index in [1.165, 1.54) is 26.4 Å².